The number of nitrogens with one attached hydrogen (secondary N) is 1. The number of halogens is 1. The summed E-state index contributed by atoms with van der Waals surface area (Å²) < 4.78 is 32.4. The molecule has 0 fully saturated rings. The Morgan fingerprint density at radius 1 is 1.28 bits per heavy atom. The lowest BCUT2D eigenvalue weighted by atomic mass is 9.96. The van der Waals surface area contributed by atoms with Crippen LogP contribution in [-0.4, -0.2) is 44.9 Å². The normalized spacial score (nSPS) is 16.4. The molecule has 156 valence electrons. The number of fused-ring (bicyclic) bond motifs is 1. The van der Waals surface area contributed by atoms with Crippen molar-refractivity contribution in [2.75, 3.05) is 20.2 Å². The predicted molar refractivity (Wildman–Crippen MR) is 113 cm³/mol. The van der Waals surface area contributed by atoms with Crippen LogP contribution in [0.3, 0.4) is 0 Å². The quantitative estimate of drug-likeness (QED) is 0.753. The zero-order valence-electron chi connectivity index (χ0n) is 16.7. The number of sulfonamides is 1. The lowest BCUT2D eigenvalue weighted by Gasteiger charge is -2.25. The van der Waals surface area contributed by atoms with Crippen LogP contribution in [0.4, 0.5) is 0 Å². The number of benzene rings is 2. The molecule has 1 amide bonds. The van der Waals surface area contributed by atoms with Gasteiger partial charge in [-0.25, -0.2) is 8.42 Å². The molecule has 6 nitrogen and oxygen atoms in total. The minimum absolute atomic E-state index is 0.0400. The number of ether oxygens (including phenoxy) is 1. The molecule has 0 saturated carbocycles. The Morgan fingerprint density at radius 3 is 2.72 bits per heavy atom. The van der Waals surface area contributed by atoms with E-state index in [2.05, 4.69) is 5.32 Å². The zero-order chi connectivity index (χ0) is 21.2. The van der Waals surface area contributed by atoms with Crippen molar-refractivity contribution in [1.29, 1.82) is 0 Å². The van der Waals surface area contributed by atoms with Crippen LogP contribution < -0.4 is 10.1 Å². The van der Waals surface area contributed by atoms with E-state index < -0.39 is 15.9 Å². The molecule has 1 N–H and O–H groups in total. The molecule has 0 saturated heterocycles. The second-order valence-corrected chi connectivity index (χ2v) is 9.86. The third kappa shape index (κ3) is 4.74. The molecule has 0 aliphatic carbocycles. The highest BCUT2D eigenvalue weighted by molar-refractivity contribution is 7.89. The Hall–Kier alpha value is -2.09. The van der Waals surface area contributed by atoms with Crippen LogP contribution >= 0.6 is 11.6 Å². The number of carbonyl (C=O) groups is 1. The van der Waals surface area contributed by atoms with Crippen LogP contribution in [0.25, 0.3) is 0 Å². The van der Waals surface area contributed by atoms with E-state index in [0.29, 0.717) is 13.2 Å². The molecule has 1 aliphatic rings. The summed E-state index contributed by atoms with van der Waals surface area (Å²) >= 11 is 6.18. The van der Waals surface area contributed by atoms with Crippen LogP contribution in [0, 0.1) is 5.92 Å². The monoisotopic (exact) mass is 436 g/mol. The summed E-state index contributed by atoms with van der Waals surface area (Å²) in [4.78, 5) is 12.7. The molecule has 1 heterocycles. The van der Waals surface area contributed by atoms with Crippen molar-refractivity contribution in [3.8, 4) is 5.75 Å². The topological polar surface area (TPSA) is 75.7 Å². The largest absolute Gasteiger partial charge is 0.493 e. The number of carbonyl (C=O) groups excluding carboxylic acids is 1. The molecule has 2 aromatic carbocycles. The van der Waals surface area contributed by atoms with Crippen molar-refractivity contribution in [2.45, 2.75) is 31.2 Å². The maximum atomic E-state index is 12.7. The second-order valence-electron chi connectivity index (χ2n) is 7.46. The van der Waals surface area contributed by atoms with Crippen molar-refractivity contribution < 1.29 is 17.9 Å². The van der Waals surface area contributed by atoms with Gasteiger partial charge in [-0.3, -0.25) is 4.79 Å². The van der Waals surface area contributed by atoms with Gasteiger partial charge in [-0.05, 0) is 50.1 Å². The lowest BCUT2D eigenvalue weighted by Crippen LogP contribution is -2.35. The molecule has 2 aromatic rings. The fourth-order valence-electron chi connectivity index (χ4n) is 3.14. The van der Waals surface area contributed by atoms with Gasteiger partial charge in [0.1, 0.15) is 5.75 Å². The number of hydrogen-bond acceptors (Lipinski definition) is 4. The minimum Gasteiger partial charge on any atom is -0.493 e. The number of rotatable bonds is 6. The van der Waals surface area contributed by atoms with Crippen molar-refractivity contribution in [2.24, 2.45) is 5.92 Å². The van der Waals surface area contributed by atoms with Crippen LogP contribution in [0.1, 0.15) is 29.8 Å². The summed E-state index contributed by atoms with van der Waals surface area (Å²) in [6.45, 7) is 4.49. The van der Waals surface area contributed by atoms with Crippen molar-refractivity contribution >= 4 is 27.5 Å². The first-order valence-corrected chi connectivity index (χ1v) is 11.3. The Morgan fingerprint density at radius 2 is 2.00 bits per heavy atom. The van der Waals surface area contributed by atoms with E-state index >= 15 is 0 Å². The molecule has 0 radical (unpaired) electrons. The molecule has 0 bridgehead atoms. The van der Waals surface area contributed by atoms with Gasteiger partial charge in [0.25, 0.3) is 5.91 Å². The van der Waals surface area contributed by atoms with Crippen molar-refractivity contribution in [3.63, 3.8) is 0 Å². The van der Waals surface area contributed by atoms with Gasteiger partial charge in [0, 0.05) is 25.6 Å². The standard InChI is InChI=1S/C21H25ClN2O4S/c1-14(2)24(3)29(26,27)17-8-9-19(22)18(11-17)21(25)23-12-15-10-16-6-4-5-7-20(16)28-13-15/h4-9,11,14-15H,10,12-13H2,1-3H3,(H,23,25). The molecule has 3 rings (SSSR count). The summed E-state index contributed by atoms with van der Waals surface area (Å²) in [5.74, 6) is 0.607. The van der Waals surface area contributed by atoms with Crippen LogP contribution in [0.2, 0.25) is 5.02 Å². The molecular weight excluding hydrogens is 412 g/mol. The minimum atomic E-state index is -3.71. The average Bonchev–Trinajstić information content (AvgIpc) is 2.71. The van der Waals surface area contributed by atoms with E-state index in [9.17, 15) is 13.2 Å². The van der Waals surface area contributed by atoms with Crippen molar-refractivity contribution in [3.05, 3.63) is 58.6 Å². The van der Waals surface area contributed by atoms with Gasteiger partial charge < -0.3 is 10.1 Å². The second kappa shape index (κ2) is 8.73. The first kappa shape index (κ1) is 21.6. The van der Waals surface area contributed by atoms with Gasteiger partial charge >= 0.3 is 0 Å². The SMILES string of the molecule is CC(C)N(C)S(=O)(=O)c1ccc(Cl)c(C(=O)NCC2COc3ccccc3C2)c1. The molecule has 0 spiro atoms. The fourth-order valence-corrected chi connectivity index (χ4v) is 4.73. The highest BCUT2D eigenvalue weighted by Crippen LogP contribution is 2.27. The molecule has 1 unspecified atom stereocenters. The van der Waals surface area contributed by atoms with Gasteiger partial charge in [-0.15, -0.1) is 0 Å². The maximum Gasteiger partial charge on any atom is 0.252 e. The summed E-state index contributed by atoms with van der Waals surface area (Å²) in [5, 5.41) is 3.07. The van der Waals surface area contributed by atoms with E-state index in [4.69, 9.17) is 16.3 Å². The fraction of sp³-hybridized carbons (Fsp3) is 0.381. The average molecular weight is 437 g/mol. The van der Waals surface area contributed by atoms with E-state index in [1.807, 2.05) is 24.3 Å². The van der Waals surface area contributed by atoms with E-state index in [0.717, 1.165) is 17.7 Å². The number of amides is 1. The summed E-state index contributed by atoms with van der Waals surface area (Å²) in [6.07, 6.45) is 0.803. The third-order valence-electron chi connectivity index (χ3n) is 5.09. The highest BCUT2D eigenvalue weighted by atomic mass is 35.5. The Labute approximate surface area is 176 Å². The Bertz CT molecular complexity index is 1010. The summed E-state index contributed by atoms with van der Waals surface area (Å²) in [5.41, 5.74) is 1.25. The van der Waals surface area contributed by atoms with Crippen molar-refractivity contribution in [1.82, 2.24) is 9.62 Å². The lowest BCUT2D eigenvalue weighted by molar-refractivity contribution is 0.0939. The molecule has 0 aromatic heterocycles. The Kier molecular flexibility index (Phi) is 6.51. The Balaban J connectivity index is 1.71. The summed E-state index contributed by atoms with van der Waals surface area (Å²) in [7, 11) is -2.20. The molecular formula is C21H25ClN2O4S. The molecule has 29 heavy (non-hydrogen) atoms. The summed E-state index contributed by atoms with van der Waals surface area (Å²) in [6, 6.07) is 11.8. The molecule has 1 aliphatic heterocycles. The smallest absolute Gasteiger partial charge is 0.252 e. The maximum absolute atomic E-state index is 12.7. The van der Waals surface area contributed by atoms with Gasteiger partial charge in [-0.2, -0.15) is 4.31 Å². The molecule has 1 atom stereocenters. The van der Waals surface area contributed by atoms with Crippen LogP contribution in [0.15, 0.2) is 47.4 Å². The molecule has 8 heteroatoms. The third-order valence-corrected chi connectivity index (χ3v) is 7.45. The van der Waals surface area contributed by atoms with E-state index in [1.165, 1.54) is 29.6 Å². The van der Waals surface area contributed by atoms with E-state index in [1.54, 1.807) is 13.8 Å². The van der Waals surface area contributed by atoms with Gasteiger partial charge in [0.2, 0.25) is 10.0 Å². The zero-order valence-corrected chi connectivity index (χ0v) is 18.3. The van der Waals surface area contributed by atoms with Gasteiger partial charge in [-0.1, -0.05) is 29.8 Å². The first-order valence-electron chi connectivity index (χ1n) is 9.46. The van der Waals surface area contributed by atoms with Gasteiger partial charge in [0.05, 0.1) is 22.1 Å². The number of nitrogens with zero attached hydrogens (tertiary/aromatic N) is 1. The predicted octanol–water partition coefficient (Wildman–Crippen LogP) is 3.35. The van der Waals surface area contributed by atoms with Crippen LogP contribution in [-0.2, 0) is 16.4 Å². The highest BCUT2D eigenvalue weighted by Gasteiger charge is 2.26. The number of para-hydroxylation sites is 1. The number of hydrogen-bond donors (Lipinski definition) is 1. The van der Waals surface area contributed by atoms with E-state index in [-0.39, 0.29) is 27.4 Å². The first-order chi connectivity index (χ1) is 13.7. The van der Waals surface area contributed by atoms with Gasteiger partial charge in [0.15, 0.2) is 0 Å². The van der Waals surface area contributed by atoms with Crippen LogP contribution in [0.5, 0.6) is 5.75 Å².